The molecule has 0 bridgehead atoms. The summed E-state index contributed by atoms with van der Waals surface area (Å²) in [6, 6.07) is 9.28. The van der Waals surface area contributed by atoms with E-state index >= 15 is 0 Å². The number of rotatable bonds is 5. The number of thiophene rings is 1. The van der Waals surface area contributed by atoms with Crippen molar-refractivity contribution in [3.8, 4) is 0 Å². The molecule has 2 aromatic rings. The van der Waals surface area contributed by atoms with Crippen molar-refractivity contribution in [3.05, 3.63) is 35.2 Å². The van der Waals surface area contributed by atoms with Gasteiger partial charge < -0.3 is 5.32 Å². The summed E-state index contributed by atoms with van der Waals surface area (Å²) in [6.07, 6.45) is 1.13. The third-order valence-corrected chi connectivity index (χ3v) is 4.28. The first-order chi connectivity index (χ1) is 8.22. The Bertz CT molecular complexity index is 472. The van der Waals surface area contributed by atoms with Crippen LogP contribution in [0.4, 0.5) is 0 Å². The average molecular weight is 247 g/mol. The zero-order valence-electron chi connectivity index (χ0n) is 10.9. The van der Waals surface area contributed by atoms with Crippen LogP contribution in [0.25, 0.3) is 10.1 Å². The van der Waals surface area contributed by atoms with Gasteiger partial charge in [-0.25, -0.2) is 0 Å². The summed E-state index contributed by atoms with van der Waals surface area (Å²) >= 11 is 1.86. The third kappa shape index (κ3) is 2.88. The van der Waals surface area contributed by atoms with Crippen molar-refractivity contribution in [1.82, 2.24) is 5.32 Å². The van der Waals surface area contributed by atoms with Crippen molar-refractivity contribution in [2.75, 3.05) is 6.54 Å². The summed E-state index contributed by atoms with van der Waals surface area (Å²) in [5.74, 6) is 0.675. The van der Waals surface area contributed by atoms with Crippen LogP contribution in [-0.4, -0.2) is 12.6 Å². The molecule has 1 nitrogen and oxygen atoms in total. The van der Waals surface area contributed by atoms with Crippen LogP contribution in [0.15, 0.2) is 29.6 Å². The van der Waals surface area contributed by atoms with Crippen LogP contribution >= 0.6 is 11.3 Å². The topological polar surface area (TPSA) is 12.0 Å². The monoisotopic (exact) mass is 247 g/mol. The quantitative estimate of drug-likeness (QED) is 0.839. The van der Waals surface area contributed by atoms with Gasteiger partial charge in [0.15, 0.2) is 0 Å². The number of hydrogen-bond donors (Lipinski definition) is 1. The van der Waals surface area contributed by atoms with E-state index < -0.39 is 0 Å². The molecule has 2 rings (SSSR count). The molecule has 0 aliphatic rings. The van der Waals surface area contributed by atoms with Crippen LogP contribution in [0.1, 0.15) is 26.3 Å². The summed E-state index contributed by atoms with van der Waals surface area (Å²) in [7, 11) is 0. The molecule has 0 spiro atoms. The highest BCUT2D eigenvalue weighted by Crippen LogP contribution is 2.27. The lowest BCUT2D eigenvalue weighted by atomic mass is 9.96. The minimum absolute atomic E-state index is 0.581. The van der Waals surface area contributed by atoms with Gasteiger partial charge in [-0.2, -0.15) is 0 Å². The first-order valence-corrected chi connectivity index (χ1v) is 7.28. The van der Waals surface area contributed by atoms with Crippen molar-refractivity contribution in [2.24, 2.45) is 5.92 Å². The predicted molar refractivity (Wildman–Crippen MR) is 77.8 cm³/mol. The van der Waals surface area contributed by atoms with Gasteiger partial charge >= 0.3 is 0 Å². The van der Waals surface area contributed by atoms with Crippen LogP contribution in [0.2, 0.25) is 0 Å². The molecule has 0 saturated carbocycles. The summed E-state index contributed by atoms with van der Waals surface area (Å²) < 4.78 is 1.40. The molecule has 1 unspecified atom stereocenters. The molecule has 1 heterocycles. The van der Waals surface area contributed by atoms with E-state index in [1.165, 1.54) is 15.6 Å². The SMILES string of the molecule is CCNC(Cc1csc2ccccc12)C(C)C. The van der Waals surface area contributed by atoms with Crippen molar-refractivity contribution in [1.29, 1.82) is 0 Å². The fourth-order valence-electron chi connectivity index (χ4n) is 2.23. The van der Waals surface area contributed by atoms with Crippen molar-refractivity contribution < 1.29 is 0 Å². The van der Waals surface area contributed by atoms with Crippen molar-refractivity contribution >= 4 is 21.4 Å². The number of nitrogens with one attached hydrogen (secondary N) is 1. The zero-order valence-corrected chi connectivity index (χ0v) is 11.7. The molecule has 2 heteroatoms. The van der Waals surface area contributed by atoms with E-state index in [0.717, 1.165) is 13.0 Å². The summed E-state index contributed by atoms with van der Waals surface area (Å²) in [4.78, 5) is 0. The van der Waals surface area contributed by atoms with Gasteiger partial charge in [-0.1, -0.05) is 39.0 Å². The second kappa shape index (κ2) is 5.65. The van der Waals surface area contributed by atoms with E-state index in [-0.39, 0.29) is 0 Å². The third-order valence-electron chi connectivity index (χ3n) is 3.27. The van der Waals surface area contributed by atoms with Gasteiger partial charge in [-0.3, -0.25) is 0 Å². The molecule has 0 saturated heterocycles. The Morgan fingerprint density at radius 2 is 2.00 bits per heavy atom. The molecular weight excluding hydrogens is 226 g/mol. The van der Waals surface area contributed by atoms with Crippen LogP contribution in [-0.2, 0) is 6.42 Å². The predicted octanol–water partition coefficient (Wildman–Crippen LogP) is 4.08. The molecule has 0 radical (unpaired) electrons. The van der Waals surface area contributed by atoms with Gasteiger partial charge in [-0.05, 0) is 41.3 Å². The Morgan fingerprint density at radius 1 is 1.24 bits per heavy atom. The summed E-state index contributed by atoms with van der Waals surface area (Å²) in [5, 5.41) is 7.34. The lowest BCUT2D eigenvalue weighted by Gasteiger charge is -2.21. The highest BCUT2D eigenvalue weighted by Gasteiger charge is 2.14. The Labute approximate surface area is 108 Å². The minimum atomic E-state index is 0.581. The molecular formula is C15H21NS. The van der Waals surface area contributed by atoms with Crippen LogP contribution < -0.4 is 5.32 Å². The molecule has 1 aromatic carbocycles. The Hall–Kier alpha value is -0.860. The van der Waals surface area contributed by atoms with Gasteiger partial charge in [0, 0.05) is 10.7 Å². The molecule has 92 valence electrons. The fraction of sp³-hybridized carbons (Fsp3) is 0.467. The van der Waals surface area contributed by atoms with E-state index in [1.54, 1.807) is 0 Å². The maximum absolute atomic E-state index is 3.59. The Morgan fingerprint density at radius 3 is 2.71 bits per heavy atom. The highest BCUT2D eigenvalue weighted by atomic mass is 32.1. The fourth-order valence-corrected chi connectivity index (χ4v) is 3.21. The largest absolute Gasteiger partial charge is 0.314 e. The van der Waals surface area contributed by atoms with Gasteiger partial charge in [0.2, 0.25) is 0 Å². The van der Waals surface area contributed by atoms with Crippen LogP contribution in [0, 0.1) is 5.92 Å². The minimum Gasteiger partial charge on any atom is -0.314 e. The second-order valence-electron chi connectivity index (χ2n) is 4.87. The van der Waals surface area contributed by atoms with Gasteiger partial charge in [0.25, 0.3) is 0 Å². The summed E-state index contributed by atoms with van der Waals surface area (Å²) in [6.45, 7) is 7.82. The molecule has 1 aromatic heterocycles. The maximum Gasteiger partial charge on any atom is 0.0345 e. The molecule has 0 fully saturated rings. The number of fused-ring (bicyclic) bond motifs is 1. The van der Waals surface area contributed by atoms with Gasteiger partial charge in [0.05, 0.1) is 0 Å². The lowest BCUT2D eigenvalue weighted by Crippen LogP contribution is -2.35. The maximum atomic E-state index is 3.59. The van der Waals surface area contributed by atoms with Gasteiger partial charge in [-0.15, -0.1) is 11.3 Å². The van der Waals surface area contributed by atoms with Crippen LogP contribution in [0.3, 0.4) is 0 Å². The smallest absolute Gasteiger partial charge is 0.0345 e. The summed E-state index contributed by atoms with van der Waals surface area (Å²) in [5.41, 5.74) is 1.49. The zero-order chi connectivity index (χ0) is 12.3. The molecule has 0 amide bonds. The van der Waals surface area contributed by atoms with Crippen LogP contribution in [0.5, 0.6) is 0 Å². The van der Waals surface area contributed by atoms with E-state index in [9.17, 15) is 0 Å². The van der Waals surface area contributed by atoms with E-state index in [1.807, 2.05) is 11.3 Å². The van der Waals surface area contributed by atoms with E-state index in [2.05, 4.69) is 55.7 Å². The molecule has 0 aliphatic carbocycles. The number of likely N-dealkylation sites (N-methyl/N-ethyl adjacent to an activating group) is 1. The van der Waals surface area contributed by atoms with E-state index in [0.29, 0.717) is 12.0 Å². The highest BCUT2D eigenvalue weighted by molar-refractivity contribution is 7.17. The molecule has 1 N–H and O–H groups in total. The normalized spacial score (nSPS) is 13.4. The number of hydrogen-bond acceptors (Lipinski definition) is 2. The van der Waals surface area contributed by atoms with Crippen molar-refractivity contribution in [2.45, 2.75) is 33.2 Å². The van der Waals surface area contributed by atoms with Crippen molar-refractivity contribution in [3.63, 3.8) is 0 Å². The molecule has 1 atom stereocenters. The standard InChI is InChI=1S/C15H21NS/c1-4-16-14(11(2)3)9-12-10-17-15-8-6-5-7-13(12)15/h5-8,10-11,14,16H,4,9H2,1-3H3. The second-order valence-corrected chi connectivity index (χ2v) is 5.78. The van der Waals surface area contributed by atoms with Gasteiger partial charge in [0.1, 0.15) is 0 Å². The molecule has 17 heavy (non-hydrogen) atoms. The Balaban J connectivity index is 2.22. The molecule has 0 aliphatic heterocycles. The Kier molecular flexibility index (Phi) is 4.19. The average Bonchev–Trinajstić information content (AvgIpc) is 2.72. The van der Waals surface area contributed by atoms with E-state index in [4.69, 9.17) is 0 Å². The number of benzene rings is 1. The lowest BCUT2D eigenvalue weighted by molar-refractivity contribution is 0.406. The first-order valence-electron chi connectivity index (χ1n) is 6.41. The first kappa shape index (κ1) is 12.6.